The molecule has 0 aromatic heterocycles. The second kappa shape index (κ2) is 3.94. The van der Waals surface area contributed by atoms with Crippen LogP contribution in [-0.4, -0.2) is 19.1 Å². The molecule has 1 fully saturated rings. The number of carbonyl (C=O) groups excluding carboxylic acids is 1. The first-order valence-corrected chi connectivity index (χ1v) is 4.53. The minimum atomic E-state index is -0.977. The molecule has 1 atom stereocenters. The lowest BCUT2D eigenvalue weighted by molar-refractivity contribution is -0.138. The van der Waals surface area contributed by atoms with Crippen molar-refractivity contribution in [2.75, 3.05) is 13.2 Å². The normalized spacial score (nSPS) is 21.2. The smallest absolute Gasteiger partial charge is 0.253 e. The van der Waals surface area contributed by atoms with Gasteiger partial charge in [-0.15, -0.1) is 0 Å². The quantitative estimate of drug-likeness (QED) is 0.760. The molecule has 1 aromatic rings. The molecule has 0 radical (unpaired) electrons. The van der Waals surface area contributed by atoms with Gasteiger partial charge in [0, 0.05) is 6.54 Å². The molecule has 1 N–H and O–H groups in total. The number of ether oxygens (including phenoxy) is 1. The summed E-state index contributed by atoms with van der Waals surface area (Å²) < 4.78 is 30.7. The Balaban J connectivity index is 2.28. The lowest BCUT2D eigenvalue weighted by Gasteiger charge is -2.22. The Morgan fingerprint density at radius 2 is 2.13 bits per heavy atom. The lowest BCUT2D eigenvalue weighted by atomic mass is 10.1. The zero-order valence-electron chi connectivity index (χ0n) is 7.80. The van der Waals surface area contributed by atoms with Crippen LogP contribution < -0.4 is 5.32 Å². The van der Waals surface area contributed by atoms with Crippen molar-refractivity contribution in [2.24, 2.45) is 0 Å². The summed E-state index contributed by atoms with van der Waals surface area (Å²) in [5, 5.41) is 2.58. The Hall–Kier alpha value is -1.49. The molecule has 1 saturated heterocycles. The summed E-state index contributed by atoms with van der Waals surface area (Å²) in [5.41, 5.74) is 0.325. The number of nitrogens with one attached hydrogen (secondary N) is 1. The molecule has 80 valence electrons. The average Bonchev–Trinajstić information content (AvgIpc) is 2.23. The number of carbonyl (C=O) groups is 1. The average molecular weight is 213 g/mol. The second-order valence-electron chi connectivity index (χ2n) is 3.22. The van der Waals surface area contributed by atoms with E-state index in [1.165, 1.54) is 6.07 Å². The van der Waals surface area contributed by atoms with E-state index in [0.29, 0.717) is 18.7 Å². The molecule has 1 amide bonds. The second-order valence-corrected chi connectivity index (χ2v) is 3.22. The summed E-state index contributed by atoms with van der Waals surface area (Å²) in [6.07, 6.45) is -0.839. The van der Waals surface area contributed by atoms with E-state index in [4.69, 9.17) is 4.74 Å². The van der Waals surface area contributed by atoms with Crippen molar-refractivity contribution in [1.82, 2.24) is 5.32 Å². The third-order valence-electron chi connectivity index (χ3n) is 2.17. The highest BCUT2D eigenvalue weighted by Gasteiger charge is 2.25. The molecule has 3 nitrogen and oxygen atoms in total. The van der Waals surface area contributed by atoms with E-state index in [-0.39, 0.29) is 5.91 Å². The predicted molar refractivity (Wildman–Crippen MR) is 48.1 cm³/mol. The fourth-order valence-corrected chi connectivity index (χ4v) is 1.44. The maximum Gasteiger partial charge on any atom is 0.253 e. The molecule has 15 heavy (non-hydrogen) atoms. The maximum absolute atomic E-state index is 12.9. The van der Waals surface area contributed by atoms with Crippen molar-refractivity contribution in [1.29, 1.82) is 0 Å². The molecule has 5 heteroatoms. The summed E-state index contributed by atoms with van der Waals surface area (Å²) in [5.74, 6) is -2.24. The highest BCUT2D eigenvalue weighted by Crippen LogP contribution is 2.21. The van der Waals surface area contributed by atoms with Gasteiger partial charge in [0.15, 0.2) is 17.7 Å². The zero-order chi connectivity index (χ0) is 10.8. The molecule has 0 saturated carbocycles. The topological polar surface area (TPSA) is 38.3 Å². The molecular weight excluding hydrogens is 204 g/mol. The van der Waals surface area contributed by atoms with Crippen LogP contribution in [0.5, 0.6) is 0 Å². The first-order valence-electron chi connectivity index (χ1n) is 4.53. The number of benzene rings is 1. The fourth-order valence-electron chi connectivity index (χ4n) is 1.44. The third-order valence-corrected chi connectivity index (χ3v) is 2.17. The van der Waals surface area contributed by atoms with Gasteiger partial charge in [-0.25, -0.2) is 8.78 Å². The SMILES string of the molecule is O=C1NCCOC1c1ccc(F)c(F)c1. The molecular formula is C10H9F2NO2. The van der Waals surface area contributed by atoms with Crippen molar-refractivity contribution in [3.8, 4) is 0 Å². The van der Waals surface area contributed by atoms with Gasteiger partial charge in [0.1, 0.15) is 0 Å². The van der Waals surface area contributed by atoms with E-state index in [0.717, 1.165) is 12.1 Å². The Bertz CT molecular complexity index is 395. The third kappa shape index (κ3) is 1.97. The number of hydrogen-bond acceptors (Lipinski definition) is 2. The lowest BCUT2D eigenvalue weighted by Crippen LogP contribution is -2.39. The largest absolute Gasteiger partial charge is 0.362 e. The van der Waals surface area contributed by atoms with E-state index in [1.54, 1.807) is 0 Å². The Morgan fingerprint density at radius 1 is 1.33 bits per heavy atom. The zero-order valence-corrected chi connectivity index (χ0v) is 7.80. The Morgan fingerprint density at radius 3 is 2.80 bits per heavy atom. The Labute approximate surface area is 85.0 Å². The highest BCUT2D eigenvalue weighted by atomic mass is 19.2. The van der Waals surface area contributed by atoms with Gasteiger partial charge in [-0.1, -0.05) is 6.07 Å². The van der Waals surface area contributed by atoms with Crippen LogP contribution in [0.4, 0.5) is 8.78 Å². The predicted octanol–water partition coefficient (Wildman–Crippen LogP) is 1.15. The van der Waals surface area contributed by atoms with E-state index in [2.05, 4.69) is 5.32 Å². The monoisotopic (exact) mass is 213 g/mol. The summed E-state index contributed by atoms with van der Waals surface area (Å²) in [7, 11) is 0. The molecule has 1 aliphatic rings. The van der Waals surface area contributed by atoms with Crippen LogP contribution in [0.15, 0.2) is 18.2 Å². The summed E-state index contributed by atoms with van der Waals surface area (Å²) in [6, 6.07) is 3.30. The van der Waals surface area contributed by atoms with Crippen LogP contribution in [0.2, 0.25) is 0 Å². The molecule has 0 bridgehead atoms. The number of rotatable bonds is 1. The highest BCUT2D eigenvalue weighted by molar-refractivity contribution is 5.82. The molecule has 1 heterocycles. The molecule has 1 aliphatic heterocycles. The molecule has 2 rings (SSSR count). The fraction of sp³-hybridized carbons (Fsp3) is 0.300. The van der Waals surface area contributed by atoms with Crippen LogP contribution in [-0.2, 0) is 9.53 Å². The minimum absolute atomic E-state index is 0.325. The van der Waals surface area contributed by atoms with E-state index in [1.807, 2.05) is 0 Å². The van der Waals surface area contributed by atoms with Gasteiger partial charge in [-0.3, -0.25) is 4.79 Å². The van der Waals surface area contributed by atoms with Gasteiger partial charge in [0.05, 0.1) is 6.61 Å². The number of morpholine rings is 1. The summed E-state index contributed by atoms with van der Waals surface area (Å²) in [6.45, 7) is 0.814. The molecule has 1 unspecified atom stereocenters. The first kappa shape index (κ1) is 10.0. The van der Waals surface area contributed by atoms with Crippen LogP contribution in [0.1, 0.15) is 11.7 Å². The van der Waals surface area contributed by atoms with E-state index >= 15 is 0 Å². The molecule has 0 aliphatic carbocycles. The number of hydrogen-bond donors (Lipinski definition) is 1. The van der Waals surface area contributed by atoms with Crippen molar-refractivity contribution in [3.05, 3.63) is 35.4 Å². The van der Waals surface area contributed by atoms with Crippen LogP contribution >= 0.6 is 0 Å². The Kier molecular flexibility index (Phi) is 2.64. The van der Waals surface area contributed by atoms with E-state index < -0.39 is 17.7 Å². The standard InChI is InChI=1S/C10H9F2NO2/c11-7-2-1-6(5-8(7)12)9-10(14)13-3-4-15-9/h1-2,5,9H,3-4H2,(H,13,14). The summed E-state index contributed by atoms with van der Waals surface area (Å²) in [4.78, 5) is 11.3. The van der Waals surface area contributed by atoms with Gasteiger partial charge >= 0.3 is 0 Å². The molecule has 1 aromatic carbocycles. The van der Waals surface area contributed by atoms with Crippen LogP contribution in [0.25, 0.3) is 0 Å². The van der Waals surface area contributed by atoms with Crippen molar-refractivity contribution in [3.63, 3.8) is 0 Å². The van der Waals surface area contributed by atoms with Gasteiger partial charge in [-0.05, 0) is 17.7 Å². The van der Waals surface area contributed by atoms with Crippen molar-refractivity contribution >= 4 is 5.91 Å². The first-order chi connectivity index (χ1) is 7.18. The van der Waals surface area contributed by atoms with Crippen LogP contribution in [0.3, 0.4) is 0 Å². The number of halogens is 2. The van der Waals surface area contributed by atoms with Crippen LogP contribution in [0, 0.1) is 11.6 Å². The number of amides is 1. The van der Waals surface area contributed by atoms with Crippen molar-refractivity contribution < 1.29 is 18.3 Å². The van der Waals surface area contributed by atoms with Crippen molar-refractivity contribution in [2.45, 2.75) is 6.10 Å². The van der Waals surface area contributed by atoms with Gasteiger partial charge in [0.25, 0.3) is 5.91 Å². The maximum atomic E-state index is 12.9. The molecule has 0 spiro atoms. The minimum Gasteiger partial charge on any atom is -0.362 e. The van der Waals surface area contributed by atoms with Gasteiger partial charge in [0.2, 0.25) is 0 Å². The van der Waals surface area contributed by atoms with E-state index in [9.17, 15) is 13.6 Å². The summed E-state index contributed by atoms with van der Waals surface area (Å²) >= 11 is 0. The van der Waals surface area contributed by atoms with Gasteiger partial charge in [-0.2, -0.15) is 0 Å². The van der Waals surface area contributed by atoms with Gasteiger partial charge < -0.3 is 10.1 Å².